The Balaban J connectivity index is 2.64. The minimum absolute atomic E-state index is 0.582. The Morgan fingerprint density at radius 1 is 1.13 bits per heavy atom. The van der Waals surface area contributed by atoms with Gasteiger partial charge in [-0.3, -0.25) is 0 Å². The largest absolute Gasteiger partial charge is 0.519 e. The highest BCUT2D eigenvalue weighted by Crippen LogP contribution is 2.24. The first kappa shape index (κ1) is 9.57. The van der Waals surface area contributed by atoms with Gasteiger partial charge in [0, 0.05) is 5.39 Å². The van der Waals surface area contributed by atoms with Gasteiger partial charge in [-0.05, 0) is 16.4 Å². The van der Waals surface area contributed by atoms with E-state index in [-0.39, 0.29) is 0 Å². The molecule has 0 amide bonds. The predicted molar refractivity (Wildman–Crippen MR) is 55.9 cm³/mol. The quantitative estimate of drug-likeness (QED) is 0.750. The van der Waals surface area contributed by atoms with Gasteiger partial charge in [0.2, 0.25) is 0 Å². The van der Waals surface area contributed by atoms with Crippen molar-refractivity contribution in [2.24, 2.45) is 0 Å². The summed E-state index contributed by atoms with van der Waals surface area (Å²) in [5, 5.41) is 5.48. The first-order valence-corrected chi connectivity index (χ1v) is 4.40. The van der Waals surface area contributed by atoms with Crippen molar-refractivity contribution < 1.29 is 10.8 Å². The number of quaternary nitrogens is 1. The molecule has 0 atom stereocenters. The number of rotatable bonds is 3. The van der Waals surface area contributed by atoms with Gasteiger partial charge < -0.3 is 0 Å². The van der Waals surface area contributed by atoms with Gasteiger partial charge in [0.25, 0.3) is 0 Å². The van der Waals surface area contributed by atoms with Crippen molar-refractivity contribution in [1.29, 1.82) is 0 Å². The second kappa shape index (κ2) is 4.04. The van der Waals surface area contributed by atoms with E-state index in [0.717, 1.165) is 15.9 Å². The fourth-order valence-corrected chi connectivity index (χ4v) is 1.51. The lowest BCUT2D eigenvalue weighted by Crippen LogP contribution is -2.56. The van der Waals surface area contributed by atoms with Gasteiger partial charge in [0.1, 0.15) is 4.91 Å². The highest BCUT2D eigenvalue weighted by Gasteiger charge is 2.23. The highest BCUT2D eigenvalue weighted by molar-refractivity contribution is 5.93. The van der Waals surface area contributed by atoms with E-state index in [1.54, 1.807) is 6.07 Å². The van der Waals surface area contributed by atoms with Gasteiger partial charge >= 0.3 is 5.29 Å². The Labute approximate surface area is 85.9 Å². The molecule has 5 heteroatoms. The third kappa shape index (κ3) is 1.65. The fourth-order valence-electron chi connectivity index (χ4n) is 1.51. The van der Waals surface area contributed by atoms with Crippen molar-refractivity contribution in [3.63, 3.8) is 0 Å². The van der Waals surface area contributed by atoms with Crippen LogP contribution in [-0.2, 0) is 4.94 Å². The molecule has 0 saturated carbocycles. The van der Waals surface area contributed by atoms with Crippen molar-refractivity contribution in [2.45, 2.75) is 0 Å². The van der Waals surface area contributed by atoms with Crippen LogP contribution in [0, 0.1) is 4.91 Å². The van der Waals surface area contributed by atoms with Gasteiger partial charge in [-0.2, -0.15) is 5.90 Å². The molecular formula is C10H10N3O2+2. The zero-order chi connectivity index (χ0) is 10.7. The van der Waals surface area contributed by atoms with E-state index in [1.165, 1.54) is 0 Å². The third-order valence-corrected chi connectivity index (χ3v) is 2.17. The lowest BCUT2D eigenvalue weighted by atomic mass is 10.1. The van der Waals surface area contributed by atoms with E-state index in [2.05, 4.69) is 16.1 Å². The van der Waals surface area contributed by atoms with Crippen molar-refractivity contribution in [3.05, 3.63) is 47.4 Å². The van der Waals surface area contributed by atoms with Gasteiger partial charge in [-0.15, -0.1) is 0 Å². The van der Waals surface area contributed by atoms with E-state index in [9.17, 15) is 4.91 Å². The topological polar surface area (TPSA) is 71.3 Å². The van der Waals surface area contributed by atoms with Crippen LogP contribution in [0.1, 0.15) is 0 Å². The molecule has 2 rings (SSSR count). The minimum atomic E-state index is 0.582. The molecule has 0 spiro atoms. The third-order valence-electron chi connectivity index (χ3n) is 2.17. The molecule has 0 saturated heterocycles. The standard InChI is InChI=1S/C10H10N3O2/c11-15-13(12-14)10-7-3-5-8-4-1-2-6-9(8)10/h1-7H,11H3/q+2. The van der Waals surface area contributed by atoms with E-state index in [0.29, 0.717) is 5.69 Å². The summed E-state index contributed by atoms with van der Waals surface area (Å²) in [6, 6.07) is 13.2. The van der Waals surface area contributed by atoms with Crippen molar-refractivity contribution in [3.8, 4) is 0 Å². The Hall–Kier alpha value is -1.98. The zero-order valence-electron chi connectivity index (χ0n) is 7.96. The molecule has 0 heterocycles. The fraction of sp³-hybridized carbons (Fsp3) is 0. The summed E-state index contributed by atoms with van der Waals surface area (Å²) in [6.07, 6.45) is 0. The maximum Gasteiger partial charge on any atom is 0.519 e. The van der Waals surface area contributed by atoms with Crippen molar-refractivity contribution in [1.82, 2.24) is 5.29 Å². The van der Waals surface area contributed by atoms with Crippen LogP contribution in [0.5, 0.6) is 0 Å². The van der Waals surface area contributed by atoms with Crippen LogP contribution in [-0.4, -0.2) is 0 Å². The second-order valence-electron chi connectivity index (χ2n) is 2.98. The molecule has 0 aliphatic rings. The maximum atomic E-state index is 10.5. The molecule has 75 valence electrons. The average molecular weight is 204 g/mol. The summed E-state index contributed by atoms with van der Waals surface area (Å²) in [4.78, 5) is 15.1. The maximum absolute atomic E-state index is 10.5. The van der Waals surface area contributed by atoms with E-state index in [4.69, 9.17) is 0 Å². The Morgan fingerprint density at radius 2 is 1.87 bits per heavy atom. The van der Waals surface area contributed by atoms with Crippen LogP contribution in [0.3, 0.4) is 0 Å². The molecule has 2 aromatic carbocycles. The lowest BCUT2D eigenvalue weighted by molar-refractivity contribution is -0.695. The average Bonchev–Trinajstić information content (AvgIpc) is 2.31. The molecule has 2 aromatic rings. The SMILES string of the molecule is [NH3+]ON([N+]=O)c1cccc2ccccc12. The summed E-state index contributed by atoms with van der Waals surface area (Å²) < 4.78 is 0. The lowest BCUT2D eigenvalue weighted by Gasteiger charge is -2.02. The Morgan fingerprint density at radius 3 is 2.60 bits per heavy atom. The molecule has 3 N–H and O–H groups in total. The molecule has 0 aliphatic carbocycles. The molecule has 0 fully saturated rings. The van der Waals surface area contributed by atoms with Crippen LogP contribution in [0.4, 0.5) is 5.69 Å². The first-order chi connectivity index (χ1) is 7.36. The molecule has 0 aromatic heterocycles. The summed E-state index contributed by atoms with van der Waals surface area (Å²) in [5.41, 5.74) is 0.582. The number of nitroso groups, excluding NO2 is 1. The number of nitrogens with zero attached hydrogens (tertiary/aromatic N) is 2. The van der Waals surface area contributed by atoms with E-state index >= 15 is 0 Å². The number of fused-ring (bicyclic) bond motifs is 1. The van der Waals surface area contributed by atoms with Gasteiger partial charge in [-0.1, -0.05) is 36.4 Å². The molecular weight excluding hydrogens is 194 g/mol. The molecule has 5 nitrogen and oxygen atoms in total. The number of anilines is 1. The minimum Gasteiger partial charge on any atom is -0.180 e. The van der Waals surface area contributed by atoms with Crippen LogP contribution >= 0.6 is 0 Å². The monoisotopic (exact) mass is 204 g/mol. The van der Waals surface area contributed by atoms with Gasteiger partial charge in [0.05, 0.1) is 0 Å². The van der Waals surface area contributed by atoms with Crippen LogP contribution in [0.2, 0.25) is 0 Å². The molecule has 0 aliphatic heterocycles. The number of hydrogen-bond donors (Lipinski definition) is 1. The van der Waals surface area contributed by atoms with Crippen molar-refractivity contribution >= 4 is 16.5 Å². The van der Waals surface area contributed by atoms with Crippen LogP contribution in [0.25, 0.3) is 10.8 Å². The Bertz CT molecular complexity index is 482. The van der Waals surface area contributed by atoms with Gasteiger partial charge in [0.15, 0.2) is 10.9 Å². The summed E-state index contributed by atoms with van der Waals surface area (Å²) in [6.45, 7) is 0. The molecule has 1 radical (unpaired) electrons. The molecule has 0 bridgehead atoms. The number of hydrogen-bond acceptors (Lipinski definition) is 3. The second-order valence-corrected chi connectivity index (χ2v) is 2.98. The summed E-state index contributed by atoms with van der Waals surface area (Å²) >= 11 is 0. The first-order valence-electron chi connectivity index (χ1n) is 4.40. The van der Waals surface area contributed by atoms with E-state index in [1.807, 2.05) is 36.4 Å². The highest BCUT2D eigenvalue weighted by atomic mass is 16.8. The summed E-state index contributed by atoms with van der Waals surface area (Å²) in [7, 11) is 0. The smallest absolute Gasteiger partial charge is 0.180 e. The van der Waals surface area contributed by atoms with E-state index < -0.39 is 0 Å². The predicted octanol–water partition coefficient (Wildman–Crippen LogP) is 0.752. The van der Waals surface area contributed by atoms with Crippen LogP contribution in [0.15, 0.2) is 42.5 Å². The Kier molecular flexibility index (Phi) is 2.57. The molecule has 15 heavy (non-hydrogen) atoms. The van der Waals surface area contributed by atoms with Crippen molar-refractivity contribution in [2.75, 3.05) is 5.17 Å². The van der Waals surface area contributed by atoms with Crippen LogP contribution < -0.4 is 16.4 Å². The molecule has 0 unspecified atom stereocenters. The normalized spacial score (nSPS) is 10.2. The van der Waals surface area contributed by atoms with Gasteiger partial charge in [-0.25, -0.2) is 0 Å². The number of benzene rings is 2. The zero-order valence-corrected chi connectivity index (χ0v) is 7.96. The summed E-state index contributed by atoms with van der Waals surface area (Å²) in [5.74, 6) is 3.17.